The minimum Gasteiger partial charge on any atom is -0.772 e. The molecule has 0 aromatic heterocycles. The summed E-state index contributed by atoms with van der Waals surface area (Å²) in [5.41, 5.74) is 0. The fraction of sp³-hybridized carbons (Fsp3) is 1.00. The molecule has 0 N–H and O–H groups in total. The van der Waals surface area contributed by atoms with Gasteiger partial charge in [-0.25, -0.2) is 0 Å². The van der Waals surface area contributed by atoms with Crippen LogP contribution in [0.3, 0.4) is 0 Å². The van der Waals surface area contributed by atoms with E-state index in [0.29, 0.717) is 0 Å². The van der Waals surface area contributed by atoms with Crippen molar-refractivity contribution in [3.05, 3.63) is 0 Å². The summed E-state index contributed by atoms with van der Waals surface area (Å²) in [6.07, 6.45) is -0.603. The van der Waals surface area contributed by atoms with Gasteiger partial charge in [0, 0.05) is 5.25 Å². The third-order valence-electron chi connectivity index (χ3n) is 1.36. The minimum atomic E-state index is -2.20. The zero-order chi connectivity index (χ0) is 8.43. The Hall–Kier alpha value is 0.180. The molecule has 0 saturated carbocycles. The van der Waals surface area contributed by atoms with Crippen LogP contribution in [0.4, 0.5) is 0 Å². The molecule has 66 valence electrons. The second-order valence-corrected chi connectivity index (χ2v) is 4.19. The molecule has 0 aromatic rings. The van der Waals surface area contributed by atoms with Crippen LogP contribution in [0.1, 0.15) is 6.92 Å². The van der Waals surface area contributed by atoms with Gasteiger partial charge in [0.1, 0.15) is 6.10 Å². The Bertz CT molecular complexity index is 193. The van der Waals surface area contributed by atoms with Crippen LogP contribution in [0.25, 0.3) is 0 Å². The van der Waals surface area contributed by atoms with Crippen molar-refractivity contribution in [2.45, 2.75) is 18.3 Å². The molecule has 0 bridgehead atoms. The molecule has 0 amide bonds. The van der Waals surface area contributed by atoms with E-state index in [-0.39, 0.29) is 6.61 Å². The van der Waals surface area contributed by atoms with Gasteiger partial charge < -0.3 is 4.55 Å². The first-order chi connectivity index (χ1) is 5.11. The van der Waals surface area contributed by atoms with Gasteiger partial charge >= 0.3 is 11.4 Å². The molecule has 1 aliphatic rings. The highest BCUT2D eigenvalue weighted by molar-refractivity contribution is 7.80. The Kier molecular flexibility index (Phi) is 3.14. The Morgan fingerprint density at radius 1 is 1.82 bits per heavy atom. The van der Waals surface area contributed by atoms with Gasteiger partial charge in [-0.15, -0.1) is 0 Å². The molecule has 1 heterocycles. The van der Waals surface area contributed by atoms with E-state index < -0.39 is 33.8 Å². The van der Waals surface area contributed by atoms with Crippen LogP contribution in [0.2, 0.25) is 0 Å². The predicted molar refractivity (Wildman–Crippen MR) is 37.3 cm³/mol. The monoisotopic (exact) mass is 199 g/mol. The summed E-state index contributed by atoms with van der Waals surface area (Å²) in [6, 6.07) is 0. The average molecular weight is 199 g/mol. The highest BCUT2D eigenvalue weighted by Crippen LogP contribution is 2.14. The van der Waals surface area contributed by atoms with E-state index in [0.717, 1.165) is 0 Å². The fourth-order valence-corrected chi connectivity index (χ4v) is 1.79. The topological polar surface area (TPSA) is 75.7 Å². The van der Waals surface area contributed by atoms with Crippen molar-refractivity contribution in [1.82, 2.24) is 0 Å². The number of hydrogen-bond acceptors (Lipinski definition) is 5. The van der Waals surface area contributed by atoms with Crippen molar-refractivity contribution >= 4 is 22.4 Å². The number of rotatable bonds is 2. The zero-order valence-corrected chi connectivity index (χ0v) is 7.35. The third-order valence-corrected chi connectivity index (χ3v) is 3.00. The average Bonchev–Trinajstić information content (AvgIpc) is 2.34. The summed E-state index contributed by atoms with van der Waals surface area (Å²) in [7, 11) is 0. The van der Waals surface area contributed by atoms with Crippen molar-refractivity contribution in [3.8, 4) is 0 Å². The summed E-state index contributed by atoms with van der Waals surface area (Å²) >= 11 is -3.97. The summed E-state index contributed by atoms with van der Waals surface area (Å²) in [5.74, 6) is 0. The standard InChI is InChI=1S/C4H8O5S2/c1-3(10(5)6)4-2-8-11(7)9-4/h3-4H,2H2,1H3,(H,5,6)/p-1. The van der Waals surface area contributed by atoms with Gasteiger partial charge in [0.25, 0.3) is 0 Å². The Morgan fingerprint density at radius 2 is 2.45 bits per heavy atom. The van der Waals surface area contributed by atoms with Crippen LogP contribution < -0.4 is 0 Å². The molecule has 1 fully saturated rings. The van der Waals surface area contributed by atoms with E-state index in [2.05, 4.69) is 8.37 Å². The first-order valence-corrected chi connectivity index (χ1v) is 5.05. The second-order valence-electron chi connectivity index (χ2n) is 2.09. The highest BCUT2D eigenvalue weighted by atomic mass is 32.2. The fourth-order valence-electron chi connectivity index (χ4n) is 0.617. The van der Waals surface area contributed by atoms with Crippen molar-refractivity contribution in [2.75, 3.05) is 6.61 Å². The summed E-state index contributed by atoms with van der Waals surface area (Å²) in [4.78, 5) is 0. The van der Waals surface area contributed by atoms with Gasteiger partial charge in [-0.1, -0.05) is 0 Å². The molecule has 4 atom stereocenters. The molecule has 1 aliphatic heterocycles. The molecule has 0 radical (unpaired) electrons. The molecule has 5 nitrogen and oxygen atoms in total. The quantitative estimate of drug-likeness (QED) is 0.547. The lowest BCUT2D eigenvalue weighted by Crippen LogP contribution is -2.29. The van der Waals surface area contributed by atoms with E-state index in [9.17, 15) is 13.0 Å². The van der Waals surface area contributed by atoms with Crippen LogP contribution >= 0.6 is 0 Å². The van der Waals surface area contributed by atoms with E-state index >= 15 is 0 Å². The predicted octanol–water partition coefficient (Wildman–Crippen LogP) is -0.752. The van der Waals surface area contributed by atoms with Gasteiger partial charge in [0.15, 0.2) is 0 Å². The molecule has 0 spiro atoms. The molecule has 0 aromatic carbocycles. The SMILES string of the molecule is CC(C1COS(=O)O1)S(=O)[O-]. The molecular formula is C4H7O5S2-. The normalized spacial score (nSPS) is 36.9. The summed E-state index contributed by atoms with van der Waals surface area (Å²) < 4.78 is 40.3. The van der Waals surface area contributed by atoms with Crippen molar-refractivity contribution in [2.24, 2.45) is 0 Å². The molecule has 1 saturated heterocycles. The van der Waals surface area contributed by atoms with Gasteiger partial charge in [-0.3, -0.25) is 12.6 Å². The molecule has 11 heavy (non-hydrogen) atoms. The molecular weight excluding hydrogens is 192 g/mol. The smallest absolute Gasteiger partial charge is 0.305 e. The Balaban J connectivity index is 2.49. The van der Waals surface area contributed by atoms with Crippen LogP contribution in [0.15, 0.2) is 0 Å². The zero-order valence-electron chi connectivity index (χ0n) is 5.72. The molecule has 1 rings (SSSR count). The largest absolute Gasteiger partial charge is 0.772 e. The van der Waals surface area contributed by atoms with E-state index in [1.807, 2.05) is 0 Å². The van der Waals surface area contributed by atoms with E-state index in [1.165, 1.54) is 6.92 Å². The maximum atomic E-state index is 10.4. The van der Waals surface area contributed by atoms with E-state index in [1.54, 1.807) is 0 Å². The summed E-state index contributed by atoms with van der Waals surface area (Å²) in [6.45, 7) is 1.54. The maximum Gasteiger partial charge on any atom is 0.305 e. The van der Waals surface area contributed by atoms with Crippen LogP contribution in [-0.2, 0) is 30.8 Å². The van der Waals surface area contributed by atoms with Gasteiger partial charge in [0.05, 0.1) is 6.61 Å². The van der Waals surface area contributed by atoms with Crippen LogP contribution in [-0.4, -0.2) is 30.9 Å². The lowest BCUT2D eigenvalue weighted by molar-refractivity contribution is 0.235. The van der Waals surface area contributed by atoms with Gasteiger partial charge in [-0.05, 0) is 18.0 Å². The molecule has 4 unspecified atom stereocenters. The molecule has 0 aliphatic carbocycles. The highest BCUT2D eigenvalue weighted by Gasteiger charge is 2.29. The minimum absolute atomic E-state index is 0.0712. The number of hydrogen-bond donors (Lipinski definition) is 0. The van der Waals surface area contributed by atoms with Crippen molar-refractivity contribution in [1.29, 1.82) is 0 Å². The summed E-state index contributed by atoms with van der Waals surface area (Å²) in [5, 5.41) is -0.679. The van der Waals surface area contributed by atoms with Crippen LogP contribution in [0.5, 0.6) is 0 Å². The lowest BCUT2D eigenvalue weighted by atomic mass is 10.3. The Morgan fingerprint density at radius 3 is 2.82 bits per heavy atom. The van der Waals surface area contributed by atoms with Crippen molar-refractivity contribution in [3.63, 3.8) is 0 Å². The first kappa shape index (κ1) is 9.27. The Labute approximate surface area is 69.2 Å². The third kappa shape index (κ3) is 2.31. The maximum absolute atomic E-state index is 10.4. The molecule has 7 heteroatoms. The van der Waals surface area contributed by atoms with Gasteiger partial charge in [0.2, 0.25) is 0 Å². The first-order valence-electron chi connectivity index (χ1n) is 2.91. The van der Waals surface area contributed by atoms with Gasteiger partial charge in [-0.2, -0.15) is 4.21 Å². The lowest BCUT2D eigenvalue weighted by Gasteiger charge is -2.17. The second kappa shape index (κ2) is 3.72. The van der Waals surface area contributed by atoms with E-state index in [4.69, 9.17) is 0 Å². The van der Waals surface area contributed by atoms with Crippen LogP contribution in [0, 0.1) is 0 Å². The van der Waals surface area contributed by atoms with Crippen molar-refractivity contribution < 1.29 is 21.3 Å².